The highest BCUT2D eigenvalue weighted by Crippen LogP contribution is 2.18. The van der Waals surface area contributed by atoms with Crippen molar-refractivity contribution >= 4 is 17.5 Å². The molecule has 1 aromatic carbocycles. The molecule has 1 amide bonds. The van der Waals surface area contributed by atoms with Crippen LogP contribution < -0.4 is 10.2 Å². The third-order valence-electron chi connectivity index (χ3n) is 4.70. The molecule has 8 heteroatoms. The third kappa shape index (κ3) is 4.34. The second kappa shape index (κ2) is 8.18. The van der Waals surface area contributed by atoms with Crippen LogP contribution in [0.25, 0.3) is 0 Å². The zero-order valence-corrected chi connectivity index (χ0v) is 15.7. The molecule has 2 aromatic heterocycles. The summed E-state index contributed by atoms with van der Waals surface area (Å²) >= 11 is 0. The van der Waals surface area contributed by atoms with E-state index in [1.165, 1.54) is 11.9 Å². The lowest BCUT2D eigenvalue weighted by molar-refractivity contribution is 0.101. The van der Waals surface area contributed by atoms with Gasteiger partial charge in [0.2, 0.25) is 0 Å². The van der Waals surface area contributed by atoms with Gasteiger partial charge < -0.3 is 14.7 Å². The first-order chi connectivity index (χ1) is 13.7. The smallest absolute Gasteiger partial charge is 0.279 e. The third-order valence-corrected chi connectivity index (χ3v) is 4.70. The molecule has 144 valence electrons. The minimum absolute atomic E-state index is 0.229. The number of piperazine rings is 1. The summed E-state index contributed by atoms with van der Waals surface area (Å²) in [6.45, 7) is 6.36. The fourth-order valence-corrected chi connectivity index (χ4v) is 3.22. The molecule has 0 saturated carbocycles. The number of amides is 1. The Balaban J connectivity index is 1.35. The highest BCUT2D eigenvalue weighted by molar-refractivity contribution is 6.02. The summed E-state index contributed by atoms with van der Waals surface area (Å²) < 4.78 is 4.94. The number of anilines is 2. The van der Waals surface area contributed by atoms with E-state index < -0.39 is 0 Å². The largest absolute Gasteiger partial charge is 0.361 e. The summed E-state index contributed by atoms with van der Waals surface area (Å²) in [6.07, 6.45) is 1.47. The van der Waals surface area contributed by atoms with Crippen molar-refractivity contribution in [2.45, 2.75) is 13.5 Å². The van der Waals surface area contributed by atoms with Gasteiger partial charge in [0, 0.05) is 44.9 Å². The van der Waals surface area contributed by atoms with E-state index in [0.717, 1.165) is 38.5 Å². The maximum absolute atomic E-state index is 12.2. The summed E-state index contributed by atoms with van der Waals surface area (Å²) in [5.74, 6) is 1.49. The quantitative estimate of drug-likeness (QED) is 0.729. The van der Waals surface area contributed by atoms with Gasteiger partial charge in [-0.1, -0.05) is 35.5 Å². The predicted octanol–water partition coefficient (Wildman–Crippen LogP) is 2.35. The molecule has 0 unspecified atom stereocenters. The van der Waals surface area contributed by atoms with Gasteiger partial charge in [0.05, 0.1) is 0 Å². The normalized spacial score (nSPS) is 14.8. The number of carbonyl (C=O) groups excluding carboxylic acids is 1. The van der Waals surface area contributed by atoms with Gasteiger partial charge in [-0.3, -0.25) is 9.69 Å². The Bertz CT molecular complexity index is 935. The lowest BCUT2D eigenvalue weighted by Gasteiger charge is -2.35. The Morgan fingerprint density at radius 1 is 1.11 bits per heavy atom. The zero-order chi connectivity index (χ0) is 19.3. The van der Waals surface area contributed by atoms with Crippen molar-refractivity contribution < 1.29 is 9.32 Å². The maximum atomic E-state index is 12.2. The van der Waals surface area contributed by atoms with Crippen molar-refractivity contribution in [1.82, 2.24) is 20.0 Å². The fraction of sp³-hybridized carbons (Fsp3) is 0.300. The van der Waals surface area contributed by atoms with Crippen molar-refractivity contribution in [2.75, 3.05) is 36.4 Å². The van der Waals surface area contributed by atoms with Crippen LogP contribution in [0.1, 0.15) is 21.8 Å². The first kappa shape index (κ1) is 18.1. The van der Waals surface area contributed by atoms with Crippen molar-refractivity contribution in [1.29, 1.82) is 0 Å². The van der Waals surface area contributed by atoms with Crippen molar-refractivity contribution in [2.24, 2.45) is 0 Å². The summed E-state index contributed by atoms with van der Waals surface area (Å²) in [5.41, 5.74) is 1.55. The average molecular weight is 378 g/mol. The van der Waals surface area contributed by atoms with Gasteiger partial charge in [0.25, 0.3) is 5.91 Å². The molecule has 3 aromatic rings. The lowest BCUT2D eigenvalue weighted by Crippen LogP contribution is -2.46. The highest BCUT2D eigenvalue weighted by Gasteiger charge is 2.19. The number of nitrogens with one attached hydrogen (secondary N) is 1. The van der Waals surface area contributed by atoms with E-state index in [1.54, 1.807) is 19.1 Å². The number of carbonyl (C=O) groups is 1. The van der Waals surface area contributed by atoms with E-state index in [-0.39, 0.29) is 11.6 Å². The minimum atomic E-state index is -0.353. The first-order valence-electron chi connectivity index (χ1n) is 9.25. The number of nitrogens with zero attached hydrogens (tertiary/aromatic N) is 5. The fourth-order valence-electron chi connectivity index (χ4n) is 3.22. The number of hydrogen-bond donors (Lipinski definition) is 1. The minimum Gasteiger partial charge on any atom is -0.361 e. The van der Waals surface area contributed by atoms with E-state index >= 15 is 0 Å². The Kier molecular flexibility index (Phi) is 5.29. The van der Waals surface area contributed by atoms with E-state index in [9.17, 15) is 4.79 Å². The van der Waals surface area contributed by atoms with E-state index in [2.05, 4.69) is 54.5 Å². The summed E-state index contributed by atoms with van der Waals surface area (Å²) in [4.78, 5) is 25.4. The number of rotatable bonds is 5. The van der Waals surface area contributed by atoms with Crippen molar-refractivity contribution in [3.8, 4) is 0 Å². The molecule has 0 spiro atoms. The lowest BCUT2D eigenvalue weighted by atomic mass is 10.2. The van der Waals surface area contributed by atoms with E-state index in [4.69, 9.17) is 4.52 Å². The topological polar surface area (TPSA) is 87.4 Å². The van der Waals surface area contributed by atoms with Crippen LogP contribution in [0.4, 0.5) is 11.6 Å². The second-order valence-corrected chi connectivity index (χ2v) is 6.79. The summed E-state index contributed by atoms with van der Waals surface area (Å²) in [5, 5.41) is 6.46. The molecular formula is C20H22N6O2. The zero-order valence-electron chi connectivity index (χ0n) is 15.7. The van der Waals surface area contributed by atoms with Crippen molar-refractivity contribution in [3.63, 3.8) is 0 Å². The van der Waals surface area contributed by atoms with Gasteiger partial charge in [-0.25, -0.2) is 9.97 Å². The average Bonchev–Trinajstić information content (AvgIpc) is 3.16. The predicted molar refractivity (Wildman–Crippen MR) is 105 cm³/mol. The van der Waals surface area contributed by atoms with Crippen molar-refractivity contribution in [3.05, 3.63) is 65.8 Å². The molecule has 0 atom stereocenters. The molecule has 1 saturated heterocycles. The van der Waals surface area contributed by atoms with Crippen LogP contribution in [-0.4, -0.2) is 52.1 Å². The summed E-state index contributed by atoms with van der Waals surface area (Å²) in [7, 11) is 0. The molecule has 0 aliphatic carbocycles. The molecule has 1 aliphatic heterocycles. The molecule has 0 bridgehead atoms. The molecule has 1 N–H and O–H groups in total. The molecule has 1 aliphatic rings. The number of hydrogen-bond acceptors (Lipinski definition) is 7. The van der Waals surface area contributed by atoms with E-state index in [1.807, 2.05) is 6.07 Å². The first-order valence-corrected chi connectivity index (χ1v) is 9.25. The van der Waals surface area contributed by atoms with Crippen LogP contribution in [0.3, 0.4) is 0 Å². The Labute approximate surface area is 163 Å². The molecule has 1 fully saturated rings. The van der Waals surface area contributed by atoms with Crippen LogP contribution in [0.2, 0.25) is 0 Å². The molecule has 4 rings (SSSR count). The highest BCUT2D eigenvalue weighted by atomic mass is 16.5. The summed E-state index contributed by atoms with van der Waals surface area (Å²) in [6, 6.07) is 13.9. The number of aryl methyl sites for hydroxylation is 1. The monoisotopic (exact) mass is 378 g/mol. The van der Waals surface area contributed by atoms with Crippen LogP contribution >= 0.6 is 0 Å². The Morgan fingerprint density at radius 2 is 1.89 bits per heavy atom. The van der Waals surface area contributed by atoms with E-state index in [0.29, 0.717) is 11.6 Å². The van der Waals surface area contributed by atoms with Gasteiger partial charge in [0.15, 0.2) is 5.69 Å². The van der Waals surface area contributed by atoms with Crippen LogP contribution in [-0.2, 0) is 6.54 Å². The standard InChI is InChI=1S/C20H22N6O2/c1-15-11-17(24-28-15)20(27)23-18-12-19(22-14-21-18)26-9-7-25(8-10-26)13-16-5-3-2-4-6-16/h2-6,11-12,14H,7-10,13H2,1H3,(H,21,22,23,27). The number of benzene rings is 1. The Hall–Kier alpha value is -3.26. The maximum Gasteiger partial charge on any atom is 0.279 e. The molecule has 3 heterocycles. The molecule has 8 nitrogen and oxygen atoms in total. The molecule has 28 heavy (non-hydrogen) atoms. The van der Waals surface area contributed by atoms with Gasteiger partial charge >= 0.3 is 0 Å². The molecule has 0 radical (unpaired) electrons. The van der Waals surface area contributed by atoms with Gasteiger partial charge in [-0.15, -0.1) is 0 Å². The van der Waals surface area contributed by atoms with Gasteiger partial charge in [-0.2, -0.15) is 0 Å². The van der Waals surface area contributed by atoms with Gasteiger partial charge in [0.1, 0.15) is 23.7 Å². The van der Waals surface area contributed by atoms with Crippen LogP contribution in [0.5, 0.6) is 0 Å². The molecular weight excluding hydrogens is 356 g/mol. The number of aromatic nitrogens is 3. The second-order valence-electron chi connectivity index (χ2n) is 6.79. The Morgan fingerprint density at radius 3 is 2.61 bits per heavy atom. The van der Waals surface area contributed by atoms with Crippen LogP contribution in [0.15, 0.2) is 53.3 Å². The van der Waals surface area contributed by atoms with Gasteiger partial charge in [-0.05, 0) is 12.5 Å². The van der Waals surface area contributed by atoms with Crippen LogP contribution in [0, 0.1) is 6.92 Å². The SMILES string of the molecule is Cc1cc(C(=O)Nc2cc(N3CCN(Cc4ccccc4)CC3)ncn2)no1.